The molecule has 2 aliphatic rings. The van der Waals surface area contributed by atoms with Gasteiger partial charge < -0.3 is 15.1 Å². The third-order valence-electron chi connectivity index (χ3n) is 4.65. The molecule has 1 aromatic heterocycles. The third kappa shape index (κ3) is 3.86. The summed E-state index contributed by atoms with van der Waals surface area (Å²) in [6, 6.07) is 7.04. The van der Waals surface area contributed by atoms with Crippen LogP contribution < -0.4 is 10.2 Å². The number of hydrogen-bond acceptors (Lipinski definition) is 6. The van der Waals surface area contributed by atoms with E-state index in [1.807, 2.05) is 18.2 Å². The van der Waals surface area contributed by atoms with E-state index in [0.29, 0.717) is 12.1 Å². The van der Waals surface area contributed by atoms with Gasteiger partial charge in [-0.3, -0.25) is 4.79 Å². The van der Waals surface area contributed by atoms with Crippen LogP contribution in [0.25, 0.3) is 0 Å². The standard InChI is InChI=1S/C17H19FN6O/c18-13-5-15(7-20)24(10-13)17(25)9-21-14-3-4-23(11-14)16-2-1-12(6-19)8-22-16/h1-2,8,13-15,21H,3-5,9-11H2/t13-,14-,15-/m0/s1. The Balaban J connectivity index is 1.49. The minimum Gasteiger partial charge on any atom is -0.355 e. The molecule has 2 fully saturated rings. The van der Waals surface area contributed by atoms with Gasteiger partial charge in [0, 0.05) is 31.7 Å². The quantitative estimate of drug-likeness (QED) is 0.860. The normalized spacial score (nSPS) is 25.6. The van der Waals surface area contributed by atoms with E-state index in [0.717, 1.165) is 18.8 Å². The molecule has 0 aliphatic carbocycles. The van der Waals surface area contributed by atoms with Crippen LogP contribution in [0.2, 0.25) is 0 Å². The number of anilines is 1. The zero-order chi connectivity index (χ0) is 17.8. The Bertz CT molecular complexity index is 709. The van der Waals surface area contributed by atoms with Crippen molar-refractivity contribution in [2.45, 2.75) is 31.1 Å². The number of nitrogens with zero attached hydrogens (tertiary/aromatic N) is 5. The molecule has 2 aliphatic heterocycles. The molecule has 130 valence electrons. The number of amides is 1. The number of pyridine rings is 1. The lowest BCUT2D eigenvalue weighted by Crippen LogP contribution is -2.44. The highest BCUT2D eigenvalue weighted by molar-refractivity contribution is 5.79. The van der Waals surface area contributed by atoms with Crippen LogP contribution in [0.5, 0.6) is 0 Å². The van der Waals surface area contributed by atoms with Crippen molar-refractivity contribution in [3.8, 4) is 12.1 Å². The number of nitriles is 2. The van der Waals surface area contributed by atoms with Gasteiger partial charge in [-0.05, 0) is 18.6 Å². The van der Waals surface area contributed by atoms with Crippen LogP contribution in [-0.4, -0.2) is 60.2 Å². The van der Waals surface area contributed by atoms with Crippen LogP contribution >= 0.6 is 0 Å². The van der Waals surface area contributed by atoms with Gasteiger partial charge in [0.2, 0.25) is 5.91 Å². The van der Waals surface area contributed by atoms with E-state index >= 15 is 0 Å². The lowest BCUT2D eigenvalue weighted by molar-refractivity contribution is -0.130. The van der Waals surface area contributed by atoms with Crippen molar-refractivity contribution in [3.05, 3.63) is 23.9 Å². The van der Waals surface area contributed by atoms with E-state index in [-0.39, 0.29) is 31.5 Å². The molecule has 8 heteroatoms. The van der Waals surface area contributed by atoms with Crippen molar-refractivity contribution in [2.75, 3.05) is 31.1 Å². The first-order chi connectivity index (χ1) is 12.1. The second-order valence-corrected chi connectivity index (χ2v) is 6.35. The molecule has 2 saturated heterocycles. The Morgan fingerprint density at radius 2 is 2.24 bits per heavy atom. The molecule has 3 atom stereocenters. The minimum absolute atomic E-state index is 0.00466. The summed E-state index contributed by atoms with van der Waals surface area (Å²) < 4.78 is 13.4. The summed E-state index contributed by atoms with van der Waals surface area (Å²) in [5.41, 5.74) is 0.520. The van der Waals surface area contributed by atoms with Crippen LogP contribution in [0.4, 0.5) is 10.2 Å². The van der Waals surface area contributed by atoms with Crippen LogP contribution in [-0.2, 0) is 4.79 Å². The van der Waals surface area contributed by atoms with Crippen LogP contribution in [0.1, 0.15) is 18.4 Å². The molecule has 1 aromatic rings. The van der Waals surface area contributed by atoms with Gasteiger partial charge in [0.15, 0.2) is 0 Å². The highest BCUT2D eigenvalue weighted by atomic mass is 19.1. The average Bonchev–Trinajstić information content (AvgIpc) is 3.26. The van der Waals surface area contributed by atoms with E-state index in [4.69, 9.17) is 10.5 Å². The third-order valence-corrected chi connectivity index (χ3v) is 4.65. The molecule has 1 amide bonds. The SMILES string of the molecule is N#Cc1ccc(N2CC[C@H](NCC(=O)N3C[C@@H](F)C[C@H]3C#N)C2)nc1. The number of halogens is 1. The molecule has 7 nitrogen and oxygen atoms in total. The van der Waals surface area contributed by atoms with Gasteiger partial charge in [-0.15, -0.1) is 0 Å². The summed E-state index contributed by atoms with van der Waals surface area (Å²) in [7, 11) is 0. The molecule has 1 N–H and O–H groups in total. The molecule has 0 bridgehead atoms. The van der Waals surface area contributed by atoms with Gasteiger partial charge in [-0.1, -0.05) is 0 Å². The highest BCUT2D eigenvalue weighted by Crippen LogP contribution is 2.20. The van der Waals surface area contributed by atoms with E-state index in [1.165, 1.54) is 4.90 Å². The number of hydrogen-bond donors (Lipinski definition) is 1. The number of carbonyl (C=O) groups is 1. The summed E-state index contributed by atoms with van der Waals surface area (Å²) in [4.78, 5) is 19.9. The monoisotopic (exact) mass is 342 g/mol. The summed E-state index contributed by atoms with van der Waals surface area (Å²) in [5.74, 6) is 0.570. The molecule has 0 unspecified atom stereocenters. The Kier molecular flexibility index (Phi) is 5.11. The topological polar surface area (TPSA) is 96.0 Å². The fourth-order valence-electron chi connectivity index (χ4n) is 3.29. The van der Waals surface area contributed by atoms with Crippen LogP contribution in [0, 0.1) is 22.7 Å². The second-order valence-electron chi connectivity index (χ2n) is 6.35. The molecular weight excluding hydrogens is 323 g/mol. The maximum Gasteiger partial charge on any atom is 0.237 e. The maximum atomic E-state index is 13.4. The van der Waals surface area contributed by atoms with Gasteiger partial charge in [-0.2, -0.15) is 10.5 Å². The Labute approximate surface area is 145 Å². The van der Waals surface area contributed by atoms with Gasteiger partial charge >= 0.3 is 0 Å². The Morgan fingerprint density at radius 3 is 2.92 bits per heavy atom. The Morgan fingerprint density at radius 1 is 1.40 bits per heavy atom. The number of nitrogens with one attached hydrogen (secondary N) is 1. The van der Waals surface area contributed by atoms with Gasteiger partial charge in [0.1, 0.15) is 24.1 Å². The first-order valence-electron chi connectivity index (χ1n) is 8.28. The lowest BCUT2D eigenvalue weighted by atomic mass is 10.2. The fourth-order valence-corrected chi connectivity index (χ4v) is 3.29. The summed E-state index contributed by atoms with van der Waals surface area (Å²) in [6.07, 6.45) is 1.40. The van der Waals surface area contributed by atoms with E-state index in [9.17, 15) is 9.18 Å². The second kappa shape index (κ2) is 7.45. The molecule has 25 heavy (non-hydrogen) atoms. The van der Waals surface area contributed by atoms with Gasteiger partial charge in [0.05, 0.1) is 24.7 Å². The van der Waals surface area contributed by atoms with Crippen molar-refractivity contribution >= 4 is 11.7 Å². The van der Waals surface area contributed by atoms with Crippen molar-refractivity contribution in [3.63, 3.8) is 0 Å². The summed E-state index contributed by atoms with van der Waals surface area (Å²) in [5, 5.41) is 21.0. The fraction of sp³-hybridized carbons (Fsp3) is 0.529. The van der Waals surface area contributed by atoms with Gasteiger partial charge in [-0.25, -0.2) is 9.37 Å². The number of alkyl halides is 1. The minimum atomic E-state index is -1.11. The number of carbonyl (C=O) groups excluding carboxylic acids is 1. The van der Waals surface area contributed by atoms with E-state index in [2.05, 4.69) is 15.2 Å². The molecule has 0 aromatic carbocycles. The zero-order valence-electron chi connectivity index (χ0n) is 13.7. The first kappa shape index (κ1) is 17.1. The van der Waals surface area contributed by atoms with Crippen molar-refractivity contribution in [1.29, 1.82) is 10.5 Å². The number of rotatable bonds is 4. The first-order valence-corrected chi connectivity index (χ1v) is 8.28. The Hall–Kier alpha value is -2.71. The summed E-state index contributed by atoms with van der Waals surface area (Å²) in [6.45, 7) is 1.62. The van der Waals surface area contributed by atoms with Crippen molar-refractivity contribution in [1.82, 2.24) is 15.2 Å². The predicted molar refractivity (Wildman–Crippen MR) is 88.2 cm³/mol. The number of likely N-dealkylation sites (tertiary alicyclic amines) is 1. The number of aromatic nitrogens is 1. The molecule has 3 heterocycles. The largest absolute Gasteiger partial charge is 0.355 e. The average molecular weight is 342 g/mol. The van der Waals surface area contributed by atoms with Crippen molar-refractivity contribution in [2.24, 2.45) is 0 Å². The molecule has 0 radical (unpaired) electrons. The van der Waals surface area contributed by atoms with Crippen LogP contribution in [0.15, 0.2) is 18.3 Å². The van der Waals surface area contributed by atoms with Gasteiger partial charge in [0.25, 0.3) is 0 Å². The molecule has 0 spiro atoms. The molecule has 0 saturated carbocycles. The van der Waals surface area contributed by atoms with Crippen LogP contribution in [0.3, 0.4) is 0 Å². The lowest BCUT2D eigenvalue weighted by Gasteiger charge is -2.21. The van der Waals surface area contributed by atoms with E-state index in [1.54, 1.807) is 12.3 Å². The zero-order valence-corrected chi connectivity index (χ0v) is 13.7. The smallest absolute Gasteiger partial charge is 0.237 e. The highest BCUT2D eigenvalue weighted by Gasteiger charge is 2.35. The molecular formula is C17H19FN6O. The molecule has 3 rings (SSSR count). The van der Waals surface area contributed by atoms with Crippen molar-refractivity contribution < 1.29 is 9.18 Å². The van der Waals surface area contributed by atoms with E-state index < -0.39 is 12.2 Å². The summed E-state index contributed by atoms with van der Waals surface area (Å²) >= 11 is 0. The predicted octanol–water partition coefficient (Wildman–Crippen LogP) is 0.584. The maximum absolute atomic E-state index is 13.4.